The number of carbonyl (C=O) groups is 1. The van der Waals surface area contributed by atoms with Crippen LogP contribution in [0.4, 0.5) is 0 Å². The molecule has 1 aromatic carbocycles. The number of carbonyl (C=O) groups excluding carboxylic acids is 1. The molecule has 3 aliphatic rings. The van der Waals surface area contributed by atoms with Crippen LogP contribution in [0.5, 0.6) is 5.75 Å². The molecule has 2 fully saturated rings. The number of Topliss-reactive ketones (excluding diaryl/α,β-unsaturated/α-hetero) is 1. The molecule has 4 heteroatoms. The number of aromatic nitrogens is 2. The molecule has 0 spiro atoms. The Bertz CT molecular complexity index is 1020. The van der Waals surface area contributed by atoms with Crippen LogP contribution in [-0.4, -0.2) is 22.7 Å². The summed E-state index contributed by atoms with van der Waals surface area (Å²) >= 11 is 0. The molecule has 4 atom stereocenters. The Balaban J connectivity index is 1.48. The number of methoxy groups -OCH3 is 1. The van der Waals surface area contributed by atoms with E-state index in [1.54, 1.807) is 7.11 Å². The van der Waals surface area contributed by atoms with E-state index in [2.05, 4.69) is 36.3 Å². The molecule has 2 saturated carbocycles. The van der Waals surface area contributed by atoms with Crippen LogP contribution in [0.1, 0.15) is 60.9 Å². The lowest BCUT2D eigenvalue weighted by Crippen LogP contribution is -2.42. The maximum atomic E-state index is 13.5. The molecule has 1 aromatic heterocycles. The predicted molar refractivity (Wildman–Crippen MR) is 114 cm³/mol. The minimum atomic E-state index is -0.201. The fourth-order valence-corrected chi connectivity index (χ4v) is 6.43. The molecule has 5 rings (SSSR count). The number of fused-ring (bicyclic) bond motifs is 5. The predicted octanol–water partition coefficient (Wildman–Crippen LogP) is 4.86. The SMILES string of the molecule is COc1ccc2c(c1)CC[C@@H]1[C@H]3C/C(=C\c4cn(C)nc4C)C(=O)[C@@]3(C)CC[C@@H]21. The average Bonchev–Trinajstić information content (AvgIpc) is 3.17. The summed E-state index contributed by atoms with van der Waals surface area (Å²) in [7, 11) is 3.67. The van der Waals surface area contributed by atoms with Crippen molar-refractivity contribution in [2.45, 2.75) is 51.9 Å². The van der Waals surface area contributed by atoms with Crippen molar-refractivity contribution >= 4 is 11.9 Å². The van der Waals surface area contributed by atoms with E-state index in [1.807, 2.05) is 24.9 Å². The topological polar surface area (TPSA) is 44.1 Å². The monoisotopic (exact) mass is 390 g/mol. The molecule has 0 radical (unpaired) electrons. The Morgan fingerprint density at radius 3 is 2.86 bits per heavy atom. The molecule has 0 bridgehead atoms. The molecule has 3 aliphatic carbocycles. The van der Waals surface area contributed by atoms with Gasteiger partial charge in [0.2, 0.25) is 0 Å². The van der Waals surface area contributed by atoms with Crippen LogP contribution < -0.4 is 4.74 Å². The Morgan fingerprint density at radius 2 is 2.14 bits per heavy atom. The van der Waals surface area contributed by atoms with Gasteiger partial charge in [-0.1, -0.05) is 13.0 Å². The first-order chi connectivity index (χ1) is 13.9. The van der Waals surface area contributed by atoms with Gasteiger partial charge < -0.3 is 4.74 Å². The van der Waals surface area contributed by atoms with Gasteiger partial charge in [0.05, 0.1) is 12.8 Å². The van der Waals surface area contributed by atoms with Gasteiger partial charge in [-0.05, 0) is 91.7 Å². The summed E-state index contributed by atoms with van der Waals surface area (Å²) in [6.45, 7) is 4.25. The van der Waals surface area contributed by atoms with Gasteiger partial charge in [-0.15, -0.1) is 0 Å². The molecular weight excluding hydrogens is 360 g/mol. The second kappa shape index (κ2) is 6.58. The molecule has 0 saturated heterocycles. The van der Waals surface area contributed by atoms with E-state index in [-0.39, 0.29) is 5.41 Å². The van der Waals surface area contributed by atoms with Crippen LogP contribution in [0, 0.1) is 24.2 Å². The first kappa shape index (κ1) is 18.7. The normalized spacial score (nSPS) is 32.1. The molecule has 0 N–H and O–H groups in total. The van der Waals surface area contributed by atoms with Crippen molar-refractivity contribution < 1.29 is 9.53 Å². The average molecular weight is 391 g/mol. The fourth-order valence-electron chi connectivity index (χ4n) is 6.43. The van der Waals surface area contributed by atoms with E-state index < -0.39 is 0 Å². The molecule has 0 amide bonds. The Morgan fingerprint density at radius 1 is 1.31 bits per heavy atom. The smallest absolute Gasteiger partial charge is 0.165 e. The minimum absolute atomic E-state index is 0.201. The zero-order valence-electron chi connectivity index (χ0n) is 17.9. The summed E-state index contributed by atoms with van der Waals surface area (Å²) in [4.78, 5) is 13.5. The van der Waals surface area contributed by atoms with Crippen molar-refractivity contribution in [3.8, 4) is 5.75 Å². The molecule has 2 aromatic rings. The van der Waals surface area contributed by atoms with Crippen molar-refractivity contribution in [3.05, 3.63) is 52.4 Å². The van der Waals surface area contributed by atoms with Crippen LogP contribution >= 0.6 is 0 Å². The lowest BCUT2D eigenvalue weighted by atomic mass is 9.55. The van der Waals surface area contributed by atoms with Gasteiger partial charge in [0.1, 0.15) is 5.75 Å². The summed E-state index contributed by atoms with van der Waals surface area (Å²) in [5, 5.41) is 4.44. The van der Waals surface area contributed by atoms with Crippen LogP contribution in [0.2, 0.25) is 0 Å². The van der Waals surface area contributed by atoms with E-state index in [1.165, 1.54) is 17.5 Å². The zero-order chi connectivity index (χ0) is 20.3. The van der Waals surface area contributed by atoms with Crippen molar-refractivity contribution in [2.24, 2.45) is 24.3 Å². The van der Waals surface area contributed by atoms with Gasteiger partial charge in [0, 0.05) is 24.2 Å². The first-order valence-corrected chi connectivity index (χ1v) is 10.8. The molecule has 0 unspecified atom stereocenters. The fraction of sp³-hybridized carbons (Fsp3) is 0.520. The summed E-state index contributed by atoms with van der Waals surface area (Å²) in [5.41, 5.74) is 5.82. The van der Waals surface area contributed by atoms with Gasteiger partial charge in [-0.3, -0.25) is 9.48 Å². The highest BCUT2D eigenvalue weighted by molar-refractivity contribution is 6.06. The summed E-state index contributed by atoms with van der Waals surface area (Å²) in [6.07, 6.45) is 9.43. The minimum Gasteiger partial charge on any atom is -0.497 e. The lowest BCUT2D eigenvalue weighted by molar-refractivity contribution is -0.127. The summed E-state index contributed by atoms with van der Waals surface area (Å²) in [5.74, 6) is 2.96. The number of ether oxygens (including phenoxy) is 1. The van der Waals surface area contributed by atoms with E-state index in [0.29, 0.717) is 23.5 Å². The number of rotatable bonds is 2. The molecule has 152 valence electrons. The molecule has 0 aliphatic heterocycles. The third-order valence-corrected chi connectivity index (χ3v) is 7.95. The maximum Gasteiger partial charge on any atom is 0.165 e. The van der Waals surface area contributed by atoms with Crippen molar-refractivity contribution in [3.63, 3.8) is 0 Å². The number of benzene rings is 1. The van der Waals surface area contributed by atoms with Crippen molar-refractivity contribution in [1.82, 2.24) is 9.78 Å². The quantitative estimate of drug-likeness (QED) is 0.688. The van der Waals surface area contributed by atoms with Crippen molar-refractivity contribution in [1.29, 1.82) is 0 Å². The van der Waals surface area contributed by atoms with E-state index in [4.69, 9.17) is 4.74 Å². The largest absolute Gasteiger partial charge is 0.497 e. The lowest BCUT2D eigenvalue weighted by Gasteiger charge is -2.48. The third kappa shape index (κ3) is 2.79. The number of nitrogens with zero attached hydrogens (tertiary/aromatic N) is 2. The number of ketones is 1. The van der Waals surface area contributed by atoms with Crippen LogP contribution in [-0.2, 0) is 18.3 Å². The zero-order valence-corrected chi connectivity index (χ0v) is 17.9. The second-order valence-electron chi connectivity index (χ2n) is 9.48. The van der Waals surface area contributed by atoms with Gasteiger partial charge in [0.25, 0.3) is 0 Å². The Kier molecular flexibility index (Phi) is 4.23. The van der Waals surface area contributed by atoms with Crippen molar-refractivity contribution in [2.75, 3.05) is 7.11 Å². The van der Waals surface area contributed by atoms with Gasteiger partial charge in [-0.25, -0.2) is 0 Å². The highest BCUT2D eigenvalue weighted by atomic mass is 16.5. The Labute approximate surface area is 173 Å². The molecule has 4 nitrogen and oxygen atoms in total. The maximum absolute atomic E-state index is 13.5. The summed E-state index contributed by atoms with van der Waals surface area (Å²) < 4.78 is 7.27. The first-order valence-electron chi connectivity index (χ1n) is 10.8. The van der Waals surface area contributed by atoms with E-state index in [0.717, 1.165) is 48.3 Å². The number of hydrogen-bond acceptors (Lipinski definition) is 3. The number of aryl methyl sites for hydroxylation is 3. The summed E-state index contributed by atoms with van der Waals surface area (Å²) in [6, 6.07) is 6.60. The highest BCUT2D eigenvalue weighted by Crippen LogP contribution is 2.60. The number of hydrogen-bond donors (Lipinski definition) is 0. The van der Waals surface area contributed by atoms with E-state index in [9.17, 15) is 4.79 Å². The van der Waals surface area contributed by atoms with Crippen LogP contribution in [0.15, 0.2) is 30.0 Å². The van der Waals surface area contributed by atoms with Gasteiger partial charge >= 0.3 is 0 Å². The van der Waals surface area contributed by atoms with Gasteiger partial charge in [-0.2, -0.15) is 5.10 Å². The Hall–Kier alpha value is -2.36. The van der Waals surface area contributed by atoms with Gasteiger partial charge in [0.15, 0.2) is 5.78 Å². The highest BCUT2D eigenvalue weighted by Gasteiger charge is 2.56. The molecular formula is C25H30N2O2. The number of allylic oxidation sites excluding steroid dienone is 1. The third-order valence-electron chi connectivity index (χ3n) is 7.95. The molecule has 29 heavy (non-hydrogen) atoms. The standard InChI is InChI=1S/C25H30N2O2/c1-15-18(14-27(3)26-15)11-17-13-23-22-7-5-16-12-19(29-4)6-8-20(16)21(22)9-10-25(23,2)24(17)28/h6,8,11-12,14,21-23H,5,7,9-10,13H2,1-4H3/b17-11+/t21-,22-,23+,25-/m0/s1. The second-order valence-corrected chi connectivity index (χ2v) is 9.48. The molecule has 1 heterocycles. The van der Waals surface area contributed by atoms with Crippen LogP contribution in [0.3, 0.4) is 0 Å². The van der Waals surface area contributed by atoms with E-state index >= 15 is 0 Å². The van der Waals surface area contributed by atoms with Crippen LogP contribution in [0.25, 0.3) is 6.08 Å².